The molecule has 8 nitrogen and oxygen atoms in total. The first-order valence-corrected chi connectivity index (χ1v) is 14.8. The summed E-state index contributed by atoms with van der Waals surface area (Å²) in [6, 6.07) is 0. The zero-order valence-electron chi connectivity index (χ0n) is 22.8. The van der Waals surface area contributed by atoms with Crippen LogP contribution < -0.4 is 5.32 Å². The van der Waals surface area contributed by atoms with Gasteiger partial charge in [0.05, 0.1) is 5.92 Å². The fraction of sp³-hybridized carbons (Fsp3) is 0.793. The molecule has 1 N–H and O–H groups in total. The maximum Gasteiger partial charge on any atom is 0.251 e. The molecule has 4 rings (SSSR count). The monoisotopic (exact) mass is 514 g/mol. The quantitative estimate of drug-likeness (QED) is 0.509. The molecule has 0 aromatic carbocycles. The van der Waals surface area contributed by atoms with E-state index >= 15 is 0 Å². The maximum atomic E-state index is 13.6. The van der Waals surface area contributed by atoms with Crippen molar-refractivity contribution in [2.75, 3.05) is 39.3 Å². The number of carbonyl (C=O) groups is 4. The molecule has 2 saturated heterocycles. The van der Waals surface area contributed by atoms with Crippen molar-refractivity contribution in [3.63, 3.8) is 0 Å². The molecule has 3 aliphatic heterocycles. The van der Waals surface area contributed by atoms with Gasteiger partial charge in [-0.15, -0.1) is 0 Å². The van der Waals surface area contributed by atoms with Gasteiger partial charge in [-0.25, -0.2) is 0 Å². The van der Waals surface area contributed by atoms with Gasteiger partial charge in [0.15, 0.2) is 0 Å². The van der Waals surface area contributed by atoms with Crippen LogP contribution in [0.4, 0.5) is 0 Å². The molecule has 0 radical (unpaired) electrons. The van der Waals surface area contributed by atoms with E-state index in [-0.39, 0.29) is 30.0 Å². The first-order valence-electron chi connectivity index (χ1n) is 14.8. The van der Waals surface area contributed by atoms with Crippen LogP contribution >= 0.6 is 0 Å². The highest BCUT2D eigenvalue weighted by molar-refractivity contribution is 5.98. The second-order valence-electron chi connectivity index (χ2n) is 11.5. The summed E-state index contributed by atoms with van der Waals surface area (Å²) < 4.78 is 0. The van der Waals surface area contributed by atoms with Gasteiger partial charge in [0.25, 0.3) is 5.91 Å². The number of amides is 4. The van der Waals surface area contributed by atoms with Gasteiger partial charge in [0.1, 0.15) is 0 Å². The van der Waals surface area contributed by atoms with E-state index in [4.69, 9.17) is 0 Å². The van der Waals surface area contributed by atoms with Crippen molar-refractivity contribution in [1.82, 2.24) is 20.0 Å². The van der Waals surface area contributed by atoms with Gasteiger partial charge in [-0.1, -0.05) is 32.1 Å². The van der Waals surface area contributed by atoms with E-state index in [9.17, 15) is 19.2 Å². The van der Waals surface area contributed by atoms with E-state index < -0.39 is 5.92 Å². The number of hydrogen-bond acceptors (Lipinski definition) is 4. The fourth-order valence-corrected chi connectivity index (χ4v) is 6.48. The lowest BCUT2D eigenvalue weighted by atomic mass is 9.87. The Morgan fingerprint density at radius 2 is 1.59 bits per heavy atom. The van der Waals surface area contributed by atoms with Crippen LogP contribution in [-0.4, -0.2) is 77.6 Å². The first-order chi connectivity index (χ1) is 17.9. The van der Waals surface area contributed by atoms with Crippen molar-refractivity contribution in [2.45, 2.75) is 96.8 Å². The standard InChI is InChI=1S/C29H46N4O4/c1-22-25(29(37)32-14-7-2-3-8-15-32)19-24(20-26(34)30-21-23-11-5-4-6-12-23)28(36)33(22)18-10-17-31-16-9-13-27(31)35/h23-24H,2-21H2,1H3,(H,30,34). The van der Waals surface area contributed by atoms with Gasteiger partial charge >= 0.3 is 0 Å². The summed E-state index contributed by atoms with van der Waals surface area (Å²) in [7, 11) is 0. The van der Waals surface area contributed by atoms with E-state index in [0.717, 1.165) is 70.3 Å². The van der Waals surface area contributed by atoms with E-state index in [1.165, 1.54) is 19.3 Å². The van der Waals surface area contributed by atoms with Crippen molar-refractivity contribution >= 4 is 23.6 Å². The predicted molar refractivity (Wildman–Crippen MR) is 142 cm³/mol. The molecule has 1 saturated carbocycles. The molecule has 3 heterocycles. The van der Waals surface area contributed by atoms with Gasteiger partial charge in [0, 0.05) is 63.4 Å². The van der Waals surface area contributed by atoms with Crippen LogP contribution in [0, 0.1) is 11.8 Å². The van der Waals surface area contributed by atoms with Gasteiger partial charge in [-0.2, -0.15) is 0 Å². The second kappa shape index (κ2) is 13.4. The topological polar surface area (TPSA) is 90.0 Å². The smallest absolute Gasteiger partial charge is 0.251 e. The lowest BCUT2D eigenvalue weighted by Gasteiger charge is -2.36. The van der Waals surface area contributed by atoms with Crippen molar-refractivity contribution in [3.05, 3.63) is 11.3 Å². The van der Waals surface area contributed by atoms with E-state index in [0.29, 0.717) is 50.4 Å². The van der Waals surface area contributed by atoms with Crippen LogP contribution in [0.2, 0.25) is 0 Å². The molecule has 0 aromatic rings. The summed E-state index contributed by atoms with van der Waals surface area (Å²) >= 11 is 0. The highest BCUT2D eigenvalue weighted by Crippen LogP contribution is 2.32. The van der Waals surface area contributed by atoms with Gasteiger partial charge < -0.3 is 20.0 Å². The fourth-order valence-electron chi connectivity index (χ4n) is 6.48. The van der Waals surface area contributed by atoms with Crippen molar-refractivity contribution < 1.29 is 19.2 Å². The van der Waals surface area contributed by atoms with Gasteiger partial charge in [0.2, 0.25) is 17.7 Å². The molecule has 4 amide bonds. The number of allylic oxidation sites excluding steroid dienone is 1. The lowest BCUT2D eigenvalue weighted by Crippen LogP contribution is -2.46. The van der Waals surface area contributed by atoms with Crippen molar-refractivity contribution in [1.29, 1.82) is 0 Å². The Labute approximate surface area is 222 Å². The molecule has 8 heteroatoms. The average molecular weight is 515 g/mol. The summed E-state index contributed by atoms with van der Waals surface area (Å²) in [5, 5.41) is 3.08. The molecule has 1 atom stereocenters. The molecular weight excluding hydrogens is 468 g/mol. The zero-order chi connectivity index (χ0) is 26.2. The number of nitrogens with zero attached hydrogens (tertiary/aromatic N) is 3. The predicted octanol–water partition coefficient (Wildman–Crippen LogP) is 3.61. The molecule has 1 aliphatic carbocycles. The van der Waals surface area contributed by atoms with Crippen LogP contribution in [0.1, 0.15) is 96.8 Å². The van der Waals surface area contributed by atoms with Crippen LogP contribution in [0.3, 0.4) is 0 Å². The molecule has 1 unspecified atom stereocenters. The largest absolute Gasteiger partial charge is 0.356 e. The minimum absolute atomic E-state index is 0.0271. The molecular formula is C29H46N4O4. The summed E-state index contributed by atoms with van der Waals surface area (Å²) in [5.74, 6) is 0.0698. The number of nitrogens with one attached hydrogen (secondary N) is 1. The molecule has 206 valence electrons. The molecule has 0 bridgehead atoms. The van der Waals surface area contributed by atoms with Crippen LogP contribution in [0.25, 0.3) is 0 Å². The summed E-state index contributed by atoms with van der Waals surface area (Å²) in [4.78, 5) is 57.7. The number of carbonyl (C=O) groups excluding carboxylic acids is 4. The highest BCUT2D eigenvalue weighted by atomic mass is 16.2. The normalized spacial score (nSPS) is 24.0. The Bertz CT molecular complexity index is 871. The third-order valence-electron chi connectivity index (χ3n) is 8.78. The maximum absolute atomic E-state index is 13.6. The van der Waals surface area contributed by atoms with Crippen molar-refractivity contribution in [2.24, 2.45) is 11.8 Å². The molecule has 0 spiro atoms. The number of rotatable bonds is 9. The van der Waals surface area contributed by atoms with Gasteiger partial charge in [-0.3, -0.25) is 19.2 Å². The highest BCUT2D eigenvalue weighted by Gasteiger charge is 2.37. The Morgan fingerprint density at radius 1 is 0.892 bits per heavy atom. The molecule has 0 aromatic heterocycles. The van der Waals surface area contributed by atoms with Crippen LogP contribution in [0.5, 0.6) is 0 Å². The SMILES string of the molecule is CC1=C(C(=O)N2CCCCCC2)CC(CC(=O)NCC2CCCCC2)C(=O)N1CCCN1CCCC1=O. The Morgan fingerprint density at radius 3 is 2.27 bits per heavy atom. The van der Waals surface area contributed by atoms with E-state index in [1.54, 1.807) is 4.90 Å². The summed E-state index contributed by atoms with van der Waals surface area (Å²) in [6.07, 6.45) is 13.0. The third-order valence-corrected chi connectivity index (χ3v) is 8.78. The minimum Gasteiger partial charge on any atom is -0.356 e. The number of hydrogen-bond donors (Lipinski definition) is 1. The van der Waals surface area contributed by atoms with Crippen LogP contribution in [0.15, 0.2) is 11.3 Å². The third kappa shape index (κ3) is 7.35. The second-order valence-corrected chi connectivity index (χ2v) is 11.5. The summed E-state index contributed by atoms with van der Waals surface area (Å²) in [6.45, 7) is 5.94. The Balaban J connectivity index is 1.43. The van der Waals surface area contributed by atoms with E-state index in [2.05, 4.69) is 5.32 Å². The van der Waals surface area contributed by atoms with E-state index in [1.807, 2.05) is 16.7 Å². The minimum atomic E-state index is -0.519. The van der Waals surface area contributed by atoms with Crippen LogP contribution in [-0.2, 0) is 19.2 Å². The lowest BCUT2D eigenvalue weighted by molar-refractivity contribution is -0.138. The Hall–Kier alpha value is -2.38. The molecule has 4 aliphatic rings. The molecule has 37 heavy (non-hydrogen) atoms. The Kier molecular flexibility index (Phi) is 10.0. The zero-order valence-corrected chi connectivity index (χ0v) is 22.8. The average Bonchev–Trinajstić information content (AvgIpc) is 3.13. The molecule has 3 fully saturated rings. The van der Waals surface area contributed by atoms with Crippen molar-refractivity contribution in [3.8, 4) is 0 Å². The first kappa shape index (κ1) is 27.6. The van der Waals surface area contributed by atoms with Gasteiger partial charge in [-0.05, 0) is 57.8 Å². The summed E-state index contributed by atoms with van der Waals surface area (Å²) in [5.41, 5.74) is 1.41. The number of likely N-dealkylation sites (tertiary alicyclic amines) is 2.